The van der Waals surface area contributed by atoms with Crippen LogP contribution in [0.15, 0.2) is 48.1 Å². The highest BCUT2D eigenvalue weighted by molar-refractivity contribution is 5.92. The lowest BCUT2D eigenvalue weighted by Crippen LogP contribution is -2.61. The molecule has 1 aromatic carbocycles. The summed E-state index contributed by atoms with van der Waals surface area (Å²) >= 11 is 0. The largest absolute Gasteiger partial charge is 0.480 e. The van der Waals surface area contributed by atoms with Crippen molar-refractivity contribution in [2.75, 3.05) is 13.1 Å². The summed E-state index contributed by atoms with van der Waals surface area (Å²) in [6.07, 6.45) is 7.81. The van der Waals surface area contributed by atoms with E-state index in [1.54, 1.807) is 31.2 Å². The van der Waals surface area contributed by atoms with Gasteiger partial charge in [0.1, 0.15) is 11.4 Å². The van der Waals surface area contributed by atoms with E-state index in [1.807, 2.05) is 11.0 Å². The normalized spacial score (nSPS) is 28.0. The van der Waals surface area contributed by atoms with Gasteiger partial charge in [-0.05, 0) is 49.8 Å². The quantitative estimate of drug-likeness (QED) is 0.781. The molecule has 2 N–H and O–H groups in total. The minimum atomic E-state index is -1.36. The van der Waals surface area contributed by atoms with E-state index in [0.29, 0.717) is 25.1 Å². The molecule has 1 heterocycles. The summed E-state index contributed by atoms with van der Waals surface area (Å²) in [7, 11) is 0. The zero-order valence-corrected chi connectivity index (χ0v) is 16.0. The van der Waals surface area contributed by atoms with Crippen LogP contribution in [-0.2, 0) is 16.0 Å². The zero-order valence-electron chi connectivity index (χ0n) is 16.0. The number of hydrogen-bond donors (Lipinski definition) is 2. The van der Waals surface area contributed by atoms with Gasteiger partial charge in [0.05, 0.1) is 0 Å². The number of aliphatic carboxylic acids is 2. The Balaban J connectivity index is 1.77. The molecule has 2 aliphatic rings. The van der Waals surface area contributed by atoms with Crippen LogP contribution in [0.2, 0.25) is 0 Å². The average Bonchev–Trinajstić information content (AvgIpc) is 2.67. The molecule has 0 radical (unpaired) electrons. The molecule has 1 fully saturated rings. The van der Waals surface area contributed by atoms with Crippen molar-refractivity contribution < 1.29 is 24.2 Å². The maximum absolute atomic E-state index is 13.9. The third-order valence-corrected chi connectivity index (χ3v) is 6.16. The van der Waals surface area contributed by atoms with E-state index >= 15 is 0 Å². The predicted octanol–water partition coefficient (Wildman–Crippen LogP) is 3.51. The van der Waals surface area contributed by atoms with E-state index in [9.17, 15) is 24.2 Å². The number of halogens is 1. The molecule has 1 aliphatic heterocycles. The van der Waals surface area contributed by atoms with Gasteiger partial charge in [0, 0.05) is 18.0 Å². The first kappa shape index (κ1) is 20.3. The van der Waals surface area contributed by atoms with Crippen LogP contribution < -0.4 is 0 Å². The van der Waals surface area contributed by atoms with Gasteiger partial charge >= 0.3 is 11.9 Å². The average molecular weight is 387 g/mol. The maximum Gasteiger partial charge on any atom is 0.331 e. The van der Waals surface area contributed by atoms with E-state index in [1.165, 1.54) is 12.1 Å². The molecular weight excluding hydrogens is 361 g/mol. The van der Waals surface area contributed by atoms with Crippen molar-refractivity contribution in [3.63, 3.8) is 0 Å². The van der Waals surface area contributed by atoms with Crippen LogP contribution in [-0.4, -0.2) is 45.7 Å². The van der Waals surface area contributed by atoms with Crippen LogP contribution in [0.1, 0.15) is 31.7 Å². The number of nitrogens with zero attached hydrogens (tertiary/aromatic N) is 1. The van der Waals surface area contributed by atoms with Crippen LogP contribution in [0.4, 0.5) is 4.39 Å². The number of carboxylic acid groups (broad SMARTS) is 2. The van der Waals surface area contributed by atoms with Crippen molar-refractivity contribution in [1.29, 1.82) is 0 Å². The fourth-order valence-electron chi connectivity index (χ4n) is 4.55. The Morgan fingerprint density at radius 2 is 2.04 bits per heavy atom. The first-order chi connectivity index (χ1) is 13.4. The number of aryl methyl sites for hydroxylation is 1. The molecule has 1 aliphatic carbocycles. The Morgan fingerprint density at radius 1 is 1.29 bits per heavy atom. The molecule has 5 nitrogen and oxygen atoms in total. The summed E-state index contributed by atoms with van der Waals surface area (Å²) in [4.78, 5) is 25.8. The van der Waals surface area contributed by atoms with Gasteiger partial charge in [-0.15, -0.1) is 0 Å². The fraction of sp³-hybridized carbons (Fsp3) is 0.455. The SMILES string of the molecule is CC1C(C(=O)O)=CC=CC1(C(=O)O)N1CCCC(CCc2ccccc2F)C1. The molecule has 0 bridgehead atoms. The molecule has 0 amide bonds. The highest BCUT2D eigenvalue weighted by atomic mass is 19.1. The van der Waals surface area contributed by atoms with Gasteiger partial charge < -0.3 is 10.2 Å². The number of carbonyl (C=O) groups is 2. The van der Waals surface area contributed by atoms with Crippen LogP contribution in [0, 0.1) is 17.7 Å². The number of allylic oxidation sites excluding steroid dienone is 2. The Hall–Kier alpha value is -2.47. The summed E-state index contributed by atoms with van der Waals surface area (Å²) < 4.78 is 13.9. The van der Waals surface area contributed by atoms with Gasteiger partial charge in [0.15, 0.2) is 0 Å². The summed E-state index contributed by atoms with van der Waals surface area (Å²) in [5, 5.41) is 19.5. The molecule has 0 saturated carbocycles. The van der Waals surface area contributed by atoms with Crippen LogP contribution in [0.5, 0.6) is 0 Å². The topological polar surface area (TPSA) is 77.8 Å². The molecule has 3 unspecified atom stereocenters. The molecule has 6 heteroatoms. The smallest absolute Gasteiger partial charge is 0.331 e. The van der Waals surface area contributed by atoms with Crippen molar-refractivity contribution in [3.05, 3.63) is 59.4 Å². The minimum absolute atomic E-state index is 0.110. The second kappa shape index (κ2) is 8.27. The third-order valence-electron chi connectivity index (χ3n) is 6.16. The zero-order chi connectivity index (χ0) is 20.3. The number of carboxylic acids is 2. The Labute approximate surface area is 164 Å². The highest BCUT2D eigenvalue weighted by Gasteiger charge is 2.51. The summed E-state index contributed by atoms with van der Waals surface area (Å²) in [5.74, 6) is -2.76. The third kappa shape index (κ3) is 3.74. The van der Waals surface area contributed by atoms with E-state index < -0.39 is 23.4 Å². The fourth-order valence-corrected chi connectivity index (χ4v) is 4.55. The van der Waals surface area contributed by atoms with E-state index in [0.717, 1.165) is 19.3 Å². The molecule has 3 atom stereocenters. The number of hydrogen-bond acceptors (Lipinski definition) is 3. The Bertz CT molecular complexity index is 819. The van der Waals surface area contributed by atoms with Gasteiger partial charge in [-0.1, -0.05) is 43.4 Å². The van der Waals surface area contributed by atoms with Crippen molar-refractivity contribution >= 4 is 11.9 Å². The minimum Gasteiger partial charge on any atom is -0.480 e. The molecule has 28 heavy (non-hydrogen) atoms. The lowest BCUT2D eigenvalue weighted by Gasteiger charge is -2.47. The molecule has 150 valence electrons. The van der Waals surface area contributed by atoms with Gasteiger partial charge in [-0.25, -0.2) is 14.0 Å². The van der Waals surface area contributed by atoms with Gasteiger partial charge in [0.25, 0.3) is 0 Å². The van der Waals surface area contributed by atoms with Crippen LogP contribution >= 0.6 is 0 Å². The molecule has 0 spiro atoms. The van der Waals surface area contributed by atoms with E-state index in [-0.39, 0.29) is 17.3 Å². The highest BCUT2D eigenvalue weighted by Crippen LogP contribution is 2.38. The lowest BCUT2D eigenvalue weighted by atomic mass is 9.74. The van der Waals surface area contributed by atoms with Crippen LogP contribution in [0.25, 0.3) is 0 Å². The molecular formula is C22H26FNO4. The summed E-state index contributed by atoms with van der Waals surface area (Å²) in [6.45, 7) is 2.83. The van der Waals surface area contributed by atoms with Crippen molar-refractivity contribution in [2.45, 2.75) is 38.1 Å². The predicted molar refractivity (Wildman–Crippen MR) is 103 cm³/mol. The van der Waals surface area contributed by atoms with Crippen molar-refractivity contribution in [3.8, 4) is 0 Å². The Kier molecular flexibility index (Phi) is 5.98. The molecule has 0 aromatic heterocycles. The molecule has 1 aromatic rings. The van der Waals surface area contributed by atoms with E-state index in [4.69, 9.17) is 0 Å². The van der Waals surface area contributed by atoms with Crippen molar-refractivity contribution in [2.24, 2.45) is 11.8 Å². The van der Waals surface area contributed by atoms with Gasteiger partial charge in [-0.2, -0.15) is 0 Å². The van der Waals surface area contributed by atoms with E-state index in [2.05, 4.69) is 0 Å². The van der Waals surface area contributed by atoms with Gasteiger partial charge in [0.2, 0.25) is 0 Å². The number of benzene rings is 1. The maximum atomic E-state index is 13.9. The summed E-state index contributed by atoms with van der Waals surface area (Å²) in [5.41, 5.74) is -0.577. The second-order valence-corrected chi connectivity index (χ2v) is 7.72. The summed E-state index contributed by atoms with van der Waals surface area (Å²) in [6, 6.07) is 6.72. The monoisotopic (exact) mass is 387 g/mol. The Morgan fingerprint density at radius 3 is 2.71 bits per heavy atom. The van der Waals surface area contributed by atoms with Gasteiger partial charge in [-0.3, -0.25) is 4.90 Å². The molecule has 1 saturated heterocycles. The number of likely N-dealkylation sites (tertiary alicyclic amines) is 1. The first-order valence-electron chi connectivity index (χ1n) is 9.70. The number of rotatable bonds is 6. The molecule has 3 rings (SSSR count). The van der Waals surface area contributed by atoms with Crippen molar-refractivity contribution in [1.82, 2.24) is 4.90 Å². The number of piperidine rings is 1. The lowest BCUT2D eigenvalue weighted by molar-refractivity contribution is -0.152. The first-order valence-corrected chi connectivity index (χ1v) is 9.70. The second-order valence-electron chi connectivity index (χ2n) is 7.72. The standard InChI is InChI=1S/C22H26FNO4/c1-15-18(20(25)26)8-4-12-22(15,21(27)28)24-13-5-6-16(14-24)10-11-17-7-2-3-9-19(17)23/h2-4,7-9,12,15-16H,5-6,10-11,13-14H2,1H3,(H,25,26)(H,27,28). The van der Waals surface area contributed by atoms with Crippen LogP contribution in [0.3, 0.4) is 0 Å².